The molecule has 2 aliphatic heterocycles. The molecule has 0 aromatic heterocycles. The van der Waals surface area contributed by atoms with Gasteiger partial charge < -0.3 is 14.4 Å². The molecule has 2 bridgehead atoms. The summed E-state index contributed by atoms with van der Waals surface area (Å²) in [5.74, 6) is -0.352. The molecular formula is C25H29NO4. The number of ether oxygens (including phenoxy) is 2. The summed E-state index contributed by atoms with van der Waals surface area (Å²) < 4.78 is 11.2. The summed E-state index contributed by atoms with van der Waals surface area (Å²) in [7, 11) is 2.19. The minimum absolute atomic E-state index is 0.00348. The number of esters is 2. The monoisotopic (exact) mass is 407 g/mol. The Labute approximate surface area is 178 Å². The van der Waals surface area contributed by atoms with Crippen LogP contribution in [-0.4, -0.2) is 42.1 Å². The Morgan fingerprint density at radius 2 is 1.63 bits per heavy atom. The smallest absolute Gasteiger partial charge is 0.314 e. The van der Waals surface area contributed by atoms with E-state index in [4.69, 9.17) is 9.47 Å². The zero-order valence-electron chi connectivity index (χ0n) is 17.6. The minimum atomic E-state index is -0.358. The average molecular weight is 408 g/mol. The molecule has 1 unspecified atom stereocenters. The van der Waals surface area contributed by atoms with Gasteiger partial charge in [0.05, 0.1) is 5.92 Å². The largest absolute Gasteiger partial charge is 0.462 e. The Kier molecular flexibility index (Phi) is 6.18. The van der Waals surface area contributed by atoms with Crippen molar-refractivity contribution in [2.24, 2.45) is 0 Å². The zero-order chi connectivity index (χ0) is 21.1. The standard InChI is InChI=1S/C25H29NO4/c1-17(27)29-22-12-8-18(9-13-22)14-24(19-6-4-3-5-7-19)25(28)30-23-15-20-10-11-21(16-23)26(20)2/h3-9,12-13,20-21,23-24H,10-11,14-16H2,1-2H3/t20-,21+,23?,24-/m1/s1. The van der Waals surface area contributed by atoms with E-state index in [1.54, 1.807) is 12.1 Å². The third-order valence-corrected chi connectivity index (χ3v) is 6.45. The Hall–Kier alpha value is -2.66. The van der Waals surface area contributed by atoms with Gasteiger partial charge in [0.15, 0.2) is 0 Å². The van der Waals surface area contributed by atoms with Gasteiger partial charge in [0, 0.05) is 19.0 Å². The minimum Gasteiger partial charge on any atom is -0.462 e. The summed E-state index contributed by atoms with van der Waals surface area (Å²) in [4.78, 5) is 26.8. The van der Waals surface area contributed by atoms with Gasteiger partial charge >= 0.3 is 11.9 Å². The van der Waals surface area contributed by atoms with Crippen molar-refractivity contribution >= 4 is 11.9 Å². The second kappa shape index (κ2) is 9.00. The van der Waals surface area contributed by atoms with Gasteiger partial charge in [-0.15, -0.1) is 0 Å². The molecule has 4 atom stereocenters. The normalized spacial score (nSPS) is 24.3. The molecule has 2 aliphatic rings. The van der Waals surface area contributed by atoms with Crippen LogP contribution in [0.15, 0.2) is 54.6 Å². The summed E-state index contributed by atoms with van der Waals surface area (Å²) in [6.07, 6.45) is 4.80. The summed E-state index contributed by atoms with van der Waals surface area (Å²) in [5.41, 5.74) is 1.96. The van der Waals surface area contributed by atoms with Crippen LogP contribution in [-0.2, 0) is 20.7 Å². The van der Waals surface area contributed by atoms with Crippen molar-refractivity contribution in [3.8, 4) is 5.75 Å². The number of rotatable bonds is 6. The van der Waals surface area contributed by atoms with Gasteiger partial charge in [-0.2, -0.15) is 0 Å². The van der Waals surface area contributed by atoms with Crippen molar-refractivity contribution in [1.29, 1.82) is 0 Å². The number of piperidine rings is 1. The fourth-order valence-electron chi connectivity index (χ4n) is 4.82. The third-order valence-electron chi connectivity index (χ3n) is 6.45. The highest BCUT2D eigenvalue weighted by Gasteiger charge is 2.40. The number of nitrogens with zero attached hydrogens (tertiary/aromatic N) is 1. The molecule has 2 aromatic rings. The van der Waals surface area contributed by atoms with Crippen LogP contribution in [0.3, 0.4) is 0 Å². The molecule has 2 heterocycles. The molecule has 30 heavy (non-hydrogen) atoms. The number of hydrogen-bond acceptors (Lipinski definition) is 5. The third kappa shape index (κ3) is 4.73. The highest BCUT2D eigenvalue weighted by Crippen LogP contribution is 2.36. The molecule has 2 aromatic carbocycles. The average Bonchev–Trinajstić information content (AvgIpc) is 2.94. The Bertz CT molecular complexity index is 866. The van der Waals surface area contributed by atoms with Crippen LogP contribution in [0.2, 0.25) is 0 Å². The number of benzene rings is 2. The molecule has 0 amide bonds. The van der Waals surface area contributed by atoms with Gasteiger partial charge in [-0.3, -0.25) is 9.59 Å². The van der Waals surface area contributed by atoms with Crippen LogP contribution in [0.1, 0.15) is 49.7 Å². The van der Waals surface area contributed by atoms with Gasteiger partial charge in [-0.1, -0.05) is 42.5 Å². The second-order valence-electron chi connectivity index (χ2n) is 8.49. The van der Waals surface area contributed by atoms with E-state index >= 15 is 0 Å². The second-order valence-corrected chi connectivity index (χ2v) is 8.49. The fourth-order valence-corrected chi connectivity index (χ4v) is 4.82. The molecule has 2 saturated heterocycles. The number of hydrogen-bond donors (Lipinski definition) is 0. The van der Waals surface area contributed by atoms with Gasteiger partial charge in [-0.05, 0) is 62.4 Å². The van der Waals surface area contributed by atoms with Crippen LogP contribution < -0.4 is 4.74 Å². The van der Waals surface area contributed by atoms with Crippen LogP contribution >= 0.6 is 0 Å². The molecular weight excluding hydrogens is 378 g/mol. The molecule has 0 aliphatic carbocycles. The molecule has 158 valence electrons. The first-order valence-corrected chi connectivity index (χ1v) is 10.7. The number of carbonyl (C=O) groups is 2. The van der Waals surface area contributed by atoms with Crippen molar-refractivity contribution in [3.63, 3.8) is 0 Å². The summed E-state index contributed by atoms with van der Waals surface area (Å²) in [6, 6.07) is 18.2. The molecule has 5 nitrogen and oxygen atoms in total. The predicted molar refractivity (Wildman–Crippen MR) is 114 cm³/mol. The fraction of sp³-hybridized carbons (Fsp3) is 0.440. The lowest BCUT2D eigenvalue weighted by Crippen LogP contribution is -2.43. The van der Waals surface area contributed by atoms with Gasteiger partial charge in [0.25, 0.3) is 0 Å². The van der Waals surface area contributed by atoms with Crippen LogP contribution in [0.25, 0.3) is 0 Å². The van der Waals surface area contributed by atoms with E-state index in [0.717, 1.165) is 24.0 Å². The van der Waals surface area contributed by atoms with Gasteiger partial charge in [0.2, 0.25) is 0 Å². The molecule has 0 saturated carbocycles. The highest BCUT2D eigenvalue weighted by atomic mass is 16.5. The van der Waals surface area contributed by atoms with E-state index in [2.05, 4.69) is 11.9 Å². The first kappa shape index (κ1) is 20.6. The maximum absolute atomic E-state index is 13.2. The van der Waals surface area contributed by atoms with Gasteiger partial charge in [0.1, 0.15) is 11.9 Å². The summed E-state index contributed by atoms with van der Waals surface area (Å²) >= 11 is 0. The molecule has 0 spiro atoms. The zero-order valence-corrected chi connectivity index (χ0v) is 17.6. The summed E-state index contributed by atoms with van der Waals surface area (Å²) in [5, 5.41) is 0. The van der Waals surface area contributed by atoms with E-state index in [-0.39, 0.29) is 24.0 Å². The van der Waals surface area contributed by atoms with Crippen molar-refractivity contribution < 1.29 is 19.1 Å². The van der Waals surface area contributed by atoms with Crippen molar-refractivity contribution in [2.45, 2.75) is 63.1 Å². The predicted octanol–water partition coefficient (Wildman–Crippen LogP) is 4.11. The first-order chi connectivity index (χ1) is 14.5. The lowest BCUT2D eigenvalue weighted by Gasteiger charge is -2.36. The molecule has 0 radical (unpaired) electrons. The summed E-state index contributed by atoms with van der Waals surface area (Å²) in [6.45, 7) is 1.38. The molecule has 5 heteroatoms. The van der Waals surface area contributed by atoms with E-state index in [1.165, 1.54) is 19.8 Å². The topological polar surface area (TPSA) is 55.8 Å². The van der Waals surface area contributed by atoms with E-state index < -0.39 is 0 Å². The maximum atomic E-state index is 13.2. The van der Waals surface area contributed by atoms with Crippen molar-refractivity contribution in [1.82, 2.24) is 4.90 Å². The number of carbonyl (C=O) groups excluding carboxylic acids is 2. The van der Waals surface area contributed by atoms with E-state index in [1.807, 2.05) is 42.5 Å². The van der Waals surface area contributed by atoms with Crippen LogP contribution in [0.4, 0.5) is 0 Å². The lowest BCUT2D eigenvalue weighted by atomic mass is 9.91. The highest BCUT2D eigenvalue weighted by molar-refractivity contribution is 5.79. The van der Waals surface area contributed by atoms with Crippen LogP contribution in [0, 0.1) is 0 Å². The maximum Gasteiger partial charge on any atom is 0.314 e. The quantitative estimate of drug-likeness (QED) is 0.533. The Morgan fingerprint density at radius 3 is 2.23 bits per heavy atom. The first-order valence-electron chi connectivity index (χ1n) is 10.7. The Balaban J connectivity index is 1.47. The molecule has 2 fully saturated rings. The van der Waals surface area contributed by atoms with Crippen molar-refractivity contribution in [3.05, 3.63) is 65.7 Å². The number of fused-ring (bicyclic) bond motifs is 2. The van der Waals surface area contributed by atoms with E-state index in [0.29, 0.717) is 24.3 Å². The van der Waals surface area contributed by atoms with Crippen molar-refractivity contribution in [2.75, 3.05) is 7.05 Å². The van der Waals surface area contributed by atoms with Gasteiger partial charge in [-0.25, -0.2) is 0 Å². The Morgan fingerprint density at radius 1 is 1.00 bits per heavy atom. The molecule has 4 rings (SSSR count). The molecule has 0 N–H and O–H groups in total. The lowest BCUT2D eigenvalue weighted by molar-refractivity contribution is -0.154. The van der Waals surface area contributed by atoms with Crippen LogP contribution in [0.5, 0.6) is 5.75 Å². The SMILES string of the molecule is CC(=O)Oc1ccc(C[C@@H](C(=O)OC2C[C@H]3CC[C@@H](C2)N3C)c2ccccc2)cc1. The van der Waals surface area contributed by atoms with E-state index in [9.17, 15) is 9.59 Å².